The van der Waals surface area contributed by atoms with E-state index >= 15 is 0 Å². The van der Waals surface area contributed by atoms with Crippen LogP contribution in [0.2, 0.25) is 0 Å². The number of rotatable bonds is 2. The molecule has 0 N–H and O–H groups in total. The van der Waals surface area contributed by atoms with E-state index in [1.165, 1.54) is 24.3 Å². The van der Waals surface area contributed by atoms with Crippen molar-refractivity contribution >= 4 is 19.9 Å². The third-order valence-electron chi connectivity index (χ3n) is 2.92. The maximum atomic E-state index is 12.2. The van der Waals surface area contributed by atoms with Gasteiger partial charge < -0.3 is 0 Å². The van der Waals surface area contributed by atoms with E-state index in [1.807, 2.05) is 6.07 Å². The molecule has 1 fully saturated rings. The fraction of sp³-hybridized carbons (Fsp3) is 0.364. The Morgan fingerprint density at radius 1 is 1.11 bits per heavy atom. The lowest BCUT2D eigenvalue weighted by Gasteiger charge is -2.25. The molecular weight excluding hydrogens is 288 g/mol. The number of sulfonamides is 1. The lowest BCUT2D eigenvalue weighted by molar-refractivity contribution is 0.431. The number of sulfone groups is 1. The molecule has 102 valence electrons. The largest absolute Gasteiger partial charge is 0.243 e. The summed E-state index contributed by atoms with van der Waals surface area (Å²) >= 11 is 0. The van der Waals surface area contributed by atoms with Gasteiger partial charge in [0, 0.05) is 13.1 Å². The molecule has 0 bridgehead atoms. The molecule has 1 aliphatic rings. The van der Waals surface area contributed by atoms with Crippen LogP contribution in [0.15, 0.2) is 29.2 Å². The first-order chi connectivity index (χ1) is 8.85. The third kappa shape index (κ3) is 2.94. The normalized spacial score (nSPS) is 19.7. The van der Waals surface area contributed by atoms with E-state index in [0.717, 1.165) is 4.31 Å². The molecule has 0 amide bonds. The second-order valence-electron chi connectivity index (χ2n) is 4.19. The van der Waals surface area contributed by atoms with E-state index in [1.54, 1.807) is 0 Å². The van der Waals surface area contributed by atoms with Crippen molar-refractivity contribution in [3.63, 3.8) is 0 Å². The average Bonchev–Trinajstić information content (AvgIpc) is 2.38. The fourth-order valence-electron chi connectivity index (χ4n) is 1.79. The summed E-state index contributed by atoms with van der Waals surface area (Å²) in [5, 5.41) is 8.66. The van der Waals surface area contributed by atoms with Crippen LogP contribution in [0, 0.1) is 11.3 Å². The zero-order valence-corrected chi connectivity index (χ0v) is 11.6. The highest BCUT2D eigenvalue weighted by atomic mass is 32.2. The van der Waals surface area contributed by atoms with Crippen LogP contribution in [0.3, 0.4) is 0 Å². The highest BCUT2D eigenvalue weighted by Gasteiger charge is 2.30. The van der Waals surface area contributed by atoms with Gasteiger partial charge in [0.05, 0.1) is 28.0 Å². The molecule has 0 atom stereocenters. The van der Waals surface area contributed by atoms with Crippen LogP contribution in [0.4, 0.5) is 0 Å². The minimum absolute atomic E-state index is 0.0231. The molecule has 0 unspecified atom stereocenters. The summed E-state index contributed by atoms with van der Waals surface area (Å²) in [6.07, 6.45) is 0. The summed E-state index contributed by atoms with van der Waals surface area (Å²) in [5.41, 5.74) is 0.375. The summed E-state index contributed by atoms with van der Waals surface area (Å²) in [7, 11) is -6.80. The van der Waals surface area contributed by atoms with Gasteiger partial charge >= 0.3 is 0 Å². The quantitative estimate of drug-likeness (QED) is 0.764. The summed E-state index contributed by atoms with van der Waals surface area (Å²) in [4.78, 5) is 0.0748. The van der Waals surface area contributed by atoms with Crippen LogP contribution in [-0.2, 0) is 19.9 Å². The Morgan fingerprint density at radius 2 is 1.63 bits per heavy atom. The van der Waals surface area contributed by atoms with Crippen molar-refractivity contribution in [1.82, 2.24) is 4.31 Å². The van der Waals surface area contributed by atoms with E-state index in [4.69, 9.17) is 5.26 Å². The summed E-state index contributed by atoms with van der Waals surface area (Å²) < 4.78 is 48.2. The summed E-state index contributed by atoms with van der Waals surface area (Å²) in [6.45, 7) is -0.0463. The first-order valence-electron chi connectivity index (χ1n) is 5.56. The molecular formula is C11H12N2O4S2. The predicted molar refractivity (Wildman–Crippen MR) is 68.6 cm³/mol. The first-order valence-corrected chi connectivity index (χ1v) is 8.82. The predicted octanol–water partition coefficient (Wildman–Crippen LogP) is -0.0226. The van der Waals surface area contributed by atoms with Crippen molar-refractivity contribution in [2.45, 2.75) is 4.90 Å². The Morgan fingerprint density at radius 3 is 2.11 bits per heavy atom. The first kappa shape index (κ1) is 14.0. The van der Waals surface area contributed by atoms with Crippen LogP contribution in [-0.4, -0.2) is 45.7 Å². The topological polar surface area (TPSA) is 95.3 Å². The molecule has 6 nitrogen and oxygen atoms in total. The van der Waals surface area contributed by atoms with Gasteiger partial charge in [0.1, 0.15) is 0 Å². The van der Waals surface area contributed by atoms with Gasteiger partial charge in [-0.15, -0.1) is 0 Å². The van der Waals surface area contributed by atoms with Crippen LogP contribution < -0.4 is 0 Å². The van der Waals surface area contributed by atoms with Crippen LogP contribution in [0.5, 0.6) is 0 Å². The molecule has 1 aromatic carbocycles. The highest BCUT2D eigenvalue weighted by molar-refractivity contribution is 7.92. The number of hydrogen-bond donors (Lipinski definition) is 0. The Kier molecular flexibility index (Phi) is 3.62. The molecule has 0 aliphatic carbocycles. The van der Waals surface area contributed by atoms with Crippen LogP contribution in [0.25, 0.3) is 0 Å². The van der Waals surface area contributed by atoms with Crippen molar-refractivity contribution < 1.29 is 16.8 Å². The third-order valence-corrected chi connectivity index (χ3v) is 6.45. The zero-order chi connectivity index (χ0) is 14.1. The second kappa shape index (κ2) is 4.92. The van der Waals surface area contributed by atoms with E-state index in [-0.39, 0.29) is 29.5 Å². The minimum Gasteiger partial charge on any atom is -0.229 e. The van der Waals surface area contributed by atoms with Crippen molar-refractivity contribution in [1.29, 1.82) is 5.26 Å². The molecule has 0 spiro atoms. The Hall–Kier alpha value is -1.43. The molecule has 1 aromatic rings. The van der Waals surface area contributed by atoms with Crippen molar-refractivity contribution in [3.8, 4) is 6.07 Å². The van der Waals surface area contributed by atoms with Gasteiger partial charge in [0.25, 0.3) is 0 Å². The smallest absolute Gasteiger partial charge is 0.229 e. The molecule has 1 aliphatic heterocycles. The van der Waals surface area contributed by atoms with E-state index in [0.29, 0.717) is 5.56 Å². The summed E-state index contributed by atoms with van der Waals surface area (Å²) in [6, 6.07) is 7.47. The van der Waals surface area contributed by atoms with Gasteiger partial charge in [-0.05, 0) is 24.3 Å². The van der Waals surface area contributed by atoms with E-state index in [9.17, 15) is 16.8 Å². The van der Waals surface area contributed by atoms with Crippen LogP contribution >= 0.6 is 0 Å². The lowest BCUT2D eigenvalue weighted by Crippen LogP contribution is -2.43. The Bertz CT molecular complexity index is 701. The number of benzene rings is 1. The Balaban J connectivity index is 2.25. The van der Waals surface area contributed by atoms with Crippen molar-refractivity contribution in [3.05, 3.63) is 29.8 Å². The SMILES string of the molecule is N#Cc1ccc(S(=O)(=O)N2CCS(=O)(=O)CC2)cc1. The molecule has 0 aromatic heterocycles. The van der Waals surface area contributed by atoms with Gasteiger partial charge in [-0.3, -0.25) is 0 Å². The van der Waals surface area contributed by atoms with E-state index in [2.05, 4.69) is 0 Å². The van der Waals surface area contributed by atoms with Crippen LogP contribution in [0.1, 0.15) is 5.56 Å². The molecule has 2 rings (SSSR count). The molecule has 1 heterocycles. The summed E-state index contributed by atoms with van der Waals surface area (Å²) in [5.74, 6) is -0.301. The number of nitriles is 1. The fourth-order valence-corrected chi connectivity index (χ4v) is 4.66. The van der Waals surface area contributed by atoms with Crippen molar-refractivity contribution in [2.75, 3.05) is 24.6 Å². The number of hydrogen-bond acceptors (Lipinski definition) is 5. The highest BCUT2D eigenvalue weighted by Crippen LogP contribution is 2.18. The lowest BCUT2D eigenvalue weighted by atomic mass is 10.2. The molecule has 0 saturated carbocycles. The maximum Gasteiger partial charge on any atom is 0.243 e. The molecule has 19 heavy (non-hydrogen) atoms. The Labute approximate surface area is 112 Å². The van der Waals surface area contributed by atoms with E-state index < -0.39 is 19.9 Å². The number of nitrogens with zero attached hydrogens (tertiary/aromatic N) is 2. The van der Waals surface area contributed by atoms with Gasteiger partial charge in [-0.1, -0.05) is 0 Å². The van der Waals surface area contributed by atoms with Gasteiger partial charge in [0.2, 0.25) is 10.0 Å². The monoisotopic (exact) mass is 300 g/mol. The molecule has 1 saturated heterocycles. The van der Waals surface area contributed by atoms with Gasteiger partial charge in [0.15, 0.2) is 9.84 Å². The average molecular weight is 300 g/mol. The maximum absolute atomic E-state index is 12.2. The standard InChI is InChI=1S/C11H12N2O4S2/c12-9-10-1-3-11(4-2-10)19(16,17)13-5-7-18(14,15)8-6-13/h1-4H,5-8H2. The molecule has 0 radical (unpaired) electrons. The second-order valence-corrected chi connectivity index (χ2v) is 8.43. The molecule has 8 heteroatoms. The zero-order valence-electron chi connectivity index (χ0n) is 9.98. The van der Waals surface area contributed by atoms with Gasteiger partial charge in [-0.2, -0.15) is 9.57 Å². The minimum atomic E-state index is -3.68. The van der Waals surface area contributed by atoms with Gasteiger partial charge in [-0.25, -0.2) is 16.8 Å². The van der Waals surface area contributed by atoms with Crippen molar-refractivity contribution in [2.24, 2.45) is 0 Å².